The van der Waals surface area contributed by atoms with Gasteiger partial charge in [0.25, 0.3) is 0 Å². The quantitative estimate of drug-likeness (QED) is 0.836. The zero-order valence-electron chi connectivity index (χ0n) is 11.2. The Hall–Kier alpha value is -1.61. The maximum atomic E-state index is 10.5. The number of rotatable bonds is 5. The molecule has 4 nitrogen and oxygen atoms in total. The van der Waals surface area contributed by atoms with Crippen LogP contribution in [0.25, 0.3) is 11.4 Å². The first-order valence-corrected chi connectivity index (χ1v) is 6.25. The second-order valence-electron chi connectivity index (χ2n) is 4.52. The second-order valence-corrected chi connectivity index (χ2v) is 4.52. The van der Waals surface area contributed by atoms with Gasteiger partial charge in [-0.15, -0.1) is 0 Å². The van der Waals surface area contributed by atoms with Gasteiger partial charge in [0.2, 0.25) is 0 Å². The molecule has 0 spiro atoms. The minimum atomic E-state index is -0.755. The molecule has 0 saturated heterocycles. The van der Waals surface area contributed by atoms with Crippen molar-refractivity contribution >= 4 is 5.97 Å². The van der Waals surface area contributed by atoms with Crippen LogP contribution < -0.4 is 0 Å². The standard InChI is InChI=1S/C15H16N2O2.Ru/c1-11-5-7-16-13(9-11)14-10-12(6-8-17-14)3-2-4-15(18)19;/h5-10H,2-4H2,1H3,(H,18,19);. The summed E-state index contributed by atoms with van der Waals surface area (Å²) >= 11 is 0. The third kappa shape index (κ3) is 4.82. The fourth-order valence-electron chi connectivity index (χ4n) is 1.89. The summed E-state index contributed by atoms with van der Waals surface area (Å²) in [7, 11) is 0. The average Bonchev–Trinajstić information content (AvgIpc) is 2.39. The van der Waals surface area contributed by atoms with Gasteiger partial charge in [-0.3, -0.25) is 14.8 Å². The van der Waals surface area contributed by atoms with Crippen molar-refractivity contribution in [1.29, 1.82) is 0 Å². The molecular formula is C15H16N2O2Ru. The molecule has 0 fully saturated rings. The first-order valence-electron chi connectivity index (χ1n) is 6.25. The van der Waals surface area contributed by atoms with Gasteiger partial charge in [0, 0.05) is 38.3 Å². The Morgan fingerprint density at radius 3 is 2.45 bits per heavy atom. The van der Waals surface area contributed by atoms with Crippen molar-refractivity contribution in [3.05, 3.63) is 47.8 Å². The van der Waals surface area contributed by atoms with E-state index in [1.165, 1.54) is 0 Å². The Kier molecular flexibility index (Phi) is 6.46. The molecule has 0 unspecified atom stereocenters. The van der Waals surface area contributed by atoms with Crippen molar-refractivity contribution in [3.8, 4) is 11.4 Å². The maximum Gasteiger partial charge on any atom is 0.303 e. The molecule has 106 valence electrons. The van der Waals surface area contributed by atoms with E-state index in [2.05, 4.69) is 9.97 Å². The molecule has 0 radical (unpaired) electrons. The first kappa shape index (κ1) is 16.4. The molecule has 2 heterocycles. The van der Waals surface area contributed by atoms with Crippen LogP contribution in [-0.2, 0) is 30.7 Å². The van der Waals surface area contributed by atoms with Crippen LogP contribution in [0.3, 0.4) is 0 Å². The fourth-order valence-corrected chi connectivity index (χ4v) is 1.89. The molecule has 5 heteroatoms. The Morgan fingerprint density at radius 1 is 1.15 bits per heavy atom. The number of carboxylic acid groups (broad SMARTS) is 1. The molecule has 20 heavy (non-hydrogen) atoms. The van der Waals surface area contributed by atoms with E-state index in [1.807, 2.05) is 31.2 Å². The predicted molar refractivity (Wildman–Crippen MR) is 72.8 cm³/mol. The van der Waals surface area contributed by atoms with E-state index in [0.717, 1.165) is 28.9 Å². The normalized spacial score (nSPS) is 9.85. The van der Waals surface area contributed by atoms with Crippen molar-refractivity contribution in [3.63, 3.8) is 0 Å². The van der Waals surface area contributed by atoms with Crippen molar-refractivity contribution in [2.24, 2.45) is 0 Å². The number of hydrogen-bond donors (Lipinski definition) is 1. The van der Waals surface area contributed by atoms with E-state index >= 15 is 0 Å². The summed E-state index contributed by atoms with van der Waals surface area (Å²) in [5.74, 6) is -0.755. The number of carboxylic acids is 1. The van der Waals surface area contributed by atoms with Crippen LogP contribution in [0, 0.1) is 6.92 Å². The van der Waals surface area contributed by atoms with Gasteiger partial charge < -0.3 is 5.11 Å². The van der Waals surface area contributed by atoms with E-state index in [9.17, 15) is 4.79 Å². The van der Waals surface area contributed by atoms with Gasteiger partial charge in [-0.2, -0.15) is 0 Å². The molecule has 0 aliphatic carbocycles. The third-order valence-electron chi connectivity index (χ3n) is 2.86. The summed E-state index contributed by atoms with van der Waals surface area (Å²) < 4.78 is 0. The van der Waals surface area contributed by atoms with Gasteiger partial charge in [0.15, 0.2) is 0 Å². The van der Waals surface area contributed by atoms with Gasteiger partial charge in [0.05, 0.1) is 11.4 Å². The van der Waals surface area contributed by atoms with Crippen LogP contribution in [0.5, 0.6) is 0 Å². The molecule has 2 aromatic heterocycles. The second kappa shape index (κ2) is 7.86. The fraction of sp³-hybridized carbons (Fsp3) is 0.267. The van der Waals surface area contributed by atoms with Crippen LogP contribution in [0.4, 0.5) is 0 Å². The summed E-state index contributed by atoms with van der Waals surface area (Å²) in [5, 5.41) is 8.63. The molecule has 0 aliphatic heterocycles. The van der Waals surface area contributed by atoms with Crippen LogP contribution in [-0.4, -0.2) is 21.0 Å². The zero-order chi connectivity index (χ0) is 13.7. The first-order chi connectivity index (χ1) is 9.15. The van der Waals surface area contributed by atoms with Gasteiger partial charge in [-0.1, -0.05) is 0 Å². The Labute approximate surface area is 131 Å². The Balaban J connectivity index is 0.00000200. The van der Waals surface area contributed by atoms with E-state index < -0.39 is 5.97 Å². The summed E-state index contributed by atoms with van der Waals surface area (Å²) in [6.07, 6.45) is 5.09. The van der Waals surface area contributed by atoms with E-state index in [0.29, 0.717) is 6.42 Å². The van der Waals surface area contributed by atoms with Crippen LogP contribution in [0.15, 0.2) is 36.7 Å². The summed E-state index contributed by atoms with van der Waals surface area (Å²) in [6, 6.07) is 7.83. The average molecular weight is 357 g/mol. The van der Waals surface area contributed by atoms with Gasteiger partial charge in [-0.05, 0) is 55.2 Å². The topological polar surface area (TPSA) is 63.1 Å². The third-order valence-corrected chi connectivity index (χ3v) is 2.86. The number of aliphatic carboxylic acids is 1. The number of aromatic nitrogens is 2. The minimum absolute atomic E-state index is 0. The molecule has 0 bridgehead atoms. The van der Waals surface area contributed by atoms with E-state index in [-0.39, 0.29) is 25.9 Å². The van der Waals surface area contributed by atoms with E-state index in [4.69, 9.17) is 5.11 Å². The summed E-state index contributed by atoms with van der Waals surface area (Å²) in [5.41, 5.74) is 3.91. The van der Waals surface area contributed by atoms with Gasteiger partial charge in [0.1, 0.15) is 0 Å². The van der Waals surface area contributed by atoms with Gasteiger partial charge >= 0.3 is 5.97 Å². The molecule has 2 aromatic rings. The molecule has 2 rings (SSSR count). The Morgan fingerprint density at radius 2 is 1.80 bits per heavy atom. The Bertz CT molecular complexity index is 588. The largest absolute Gasteiger partial charge is 0.481 e. The number of hydrogen-bond acceptors (Lipinski definition) is 3. The SMILES string of the molecule is Cc1ccnc(-c2cc(CCCC(=O)O)ccn2)c1.[Ru]. The maximum absolute atomic E-state index is 10.5. The predicted octanol–water partition coefficient (Wildman–Crippen LogP) is 2.86. The number of nitrogens with zero attached hydrogens (tertiary/aromatic N) is 2. The van der Waals surface area contributed by atoms with Crippen molar-refractivity contribution in [2.45, 2.75) is 26.2 Å². The zero-order valence-corrected chi connectivity index (χ0v) is 12.9. The molecule has 0 aliphatic rings. The van der Waals surface area contributed by atoms with Crippen molar-refractivity contribution in [1.82, 2.24) is 9.97 Å². The molecule has 0 amide bonds. The number of aryl methyl sites for hydroxylation is 2. The molecule has 1 N–H and O–H groups in total. The van der Waals surface area contributed by atoms with Crippen molar-refractivity contribution < 1.29 is 29.4 Å². The smallest absolute Gasteiger partial charge is 0.303 e. The summed E-state index contributed by atoms with van der Waals surface area (Å²) in [6.45, 7) is 2.02. The molecule has 0 aromatic carbocycles. The number of pyridine rings is 2. The summed E-state index contributed by atoms with van der Waals surface area (Å²) in [4.78, 5) is 19.1. The van der Waals surface area contributed by atoms with E-state index in [1.54, 1.807) is 12.4 Å². The van der Waals surface area contributed by atoms with Crippen LogP contribution >= 0.6 is 0 Å². The van der Waals surface area contributed by atoms with Gasteiger partial charge in [-0.25, -0.2) is 0 Å². The van der Waals surface area contributed by atoms with Crippen LogP contribution in [0.2, 0.25) is 0 Å². The number of carbonyl (C=O) groups is 1. The minimum Gasteiger partial charge on any atom is -0.481 e. The monoisotopic (exact) mass is 358 g/mol. The molecule has 0 saturated carbocycles. The van der Waals surface area contributed by atoms with Crippen molar-refractivity contribution in [2.75, 3.05) is 0 Å². The van der Waals surface area contributed by atoms with Crippen LogP contribution in [0.1, 0.15) is 24.0 Å². The molecular weight excluding hydrogens is 341 g/mol. The molecule has 0 atom stereocenters.